The van der Waals surface area contributed by atoms with Crippen LogP contribution in [0.1, 0.15) is 18.4 Å². The number of nitrogens with zero attached hydrogens (tertiary/aromatic N) is 4. The number of nitrogens with two attached hydrogens (primary N) is 1. The smallest absolute Gasteiger partial charge is 0.248 e. The van der Waals surface area contributed by atoms with Crippen molar-refractivity contribution >= 4 is 27.6 Å². The number of anilines is 2. The average Bonchev–Trinajstić information content (AvgIpc) is 3.25. The molecule has 2 aromatic heterocycles. The number of pyridine rings is 1. The Morgan fingerprint density at radius 2 is 2.11 bits per heavy atom. The number of rotatable bonds is 8. The molecule has 4 rings (SSSR count). The third-order valence-electron chi connectivity index (χ3n) is 5.41. The zero-order valence-electron chi connectivity index (χ0n) is 19.6. The maximum Gasteiger partial charge on any atom is 0.248 e. The number of morpholine rings is 1. The van der Waals surface area contributed by atoms with Crippen molar-refractivity contribution in [3.05, 3.63) is 35.9 Å². The number of benzene rings is 1. The standard InChI is InChI=1S/C22H27N7O5S/c1-13-11-29(4-5-33-13)12-20-26-27-21(34-20)16-6-14(7-18(24)17(16)9-23)15-8-19(28-35(3,30)31)22(32-2)25-10-15/h6-10,13,23,28H,4-5,11-12,24H2,1-3H3. The van der Waals surface area contributed by atoms with E-state index in [9.17, 15) is 8.42 Å². The Balaban J connectivity index is 1.70. The molecule has 35 heavy (non-hydrogen) atoms. The highest BCUT2D eigenvalue weighted by molar-refractivity contribution is 7.92. The van der Waals surface area contributed by atoms with Crippen molar-refractivity contribution in [3.63, 3.8) is 0 Å². The number of ether oxygens (including phenoxy) is 2. The Labute approximate surface area is 203 Å². The molecule has 4 N–H and O–H groups in total. The first-order valence-corrected chi connectivity index (χ1v) is 12.7. The number of hydrogen-bond acceptors (Lipinski definition) is 11. The topological polar surface area (TPSA) is 170 Å². The maximum atomic E-state index is 11.8. The predicted octanol–water partition coefficient (Wildman–Crippen LogP) is 1.98. The van der Waals surface area contributed by atoms with Crippen LogP contribution in [0.5, 0.6) is 5.88 Å². The van der Waals surface area contributed by atoms with Gasteiger partial charge < -0.3 is 25.0 Å². The number of hydrogen-bond donors (Lipinski definition) is 3. The Morgan fingerprint density at radius 1 is 1.31 bits per heavy atom. The number of nitrogens with one attached hydrogen (secondary N) is 2. The van der Waals surface area contributed by atoms with Crippen LogP contribution in [0.4, 0.5) is 11.4 Å². The SMILES string of the molecule is COc1ncc(-c2cc(N)c(C=N)c(-c3nnc(CN4CCOC(C)C4)o3)c2)cc1NS(C)(=O)=O. The van der Waals surface area contributed by atoms with Gasteiger partial charge in [-0.15, -0.1) is 10.2 Å². The fraction of sp³-hybridized carbons (Fsp3) is 0.364. The van der Waals surface area contributed by atoms with Crippen molar-refractivity contribution < 1.29 is 22.3 Å². The summed E-state index contributed by atoms with van der Waals surface area (Å²) in [6.07, 6.45) is 3.84. The molecule has 1 atom stereocenters. The number of nitrogen functional groups attached to an aromatic ring is 1. The third-order valence-corrected chi connectivity index (χ3v) is 6.00. The van der Waals surface area contributed by atoms with Gasteiger partial charge in [0.1, 0.15) is 5.69 Å². The lowest BCUT2D eigenvalue weighted by atomic mass is 9.98. The van der Waals surface area contributed by atoms with Crippen LogP contribution in [0.3, 0.4) is 0 Å². The van der Waals surface area contributed by atoms with Crippen LogP contribution >= 0.6 is 0 Å². The van der Waals surface area contributed by atoms with Crippen molar-refractivity contribution in [1.29, 1.82) is 5.41 Å². The summed E-state index contributed by atoms with van der Waals surface area (Å²) in [5.74, 6) is 0.798. The first-order valence-electron chi connectivity index (χ1n) is 10.8. The maximum absolute atomic E-state index is 11.8. The van der Waals surface area contributed by atoms with Gasteiger partial charge in [-0.05, 0) is 30.7 Å². The second kappa shape index (κ2) is 9.98. The quantitative estimate of drug-likeness (QED) is 0.306. The molecule has 186 valence electrons. The minimum absolute atomic E-state index is 0.127. The molecule has 1 saturated heterocycles. The fourth-order valence-electron chi connectivity index (χ4n) is 3.88. The van der Waals surface area contributed by atoms with E-state index in [0.29, 0.717) is 47.0 Å². The van der Waals surface area contributed by atoms with Crippen molar-refractivity contribution in [2.24, 2.45) is 0 Å². The van der Waals surface area contributed by atoms with Crippen LogP contribution in [0.25, 0.3) is 22.6 Å². The molecule has 1 unspecified atom stereocenters. The van der Waals surface area contributed by atoms with E-state index in [4.69, 9.17) is 25.0 Å². The Bertz CT molecular complexity index is 1340. The molecule has 12 nitrogen and oxygen atoms in total. The highest BCUT2D eigenvalue weighted by Crippen LogP contribution is 2.35. The molecule has 13 heteroatoms. The molecule has 0 radical (unpaired) electrons. The Kier molecular flexibility index (Phi) is 7.00. The van der Waals surface area contributed by atoms with Crippen LogP contribution in [0.2, 0.25) is 0 Å². The molecule has 0 bridgehead atoms. The van der Waals surface area contributed by atoms with Gasteiger partial charge in [0.2, 0.25) is 27.7 Å². The van der Waals surface area contributed by atoms with E-state index >= 15 is 0 Å². The van der Waals surface area contributed by atoms with Crippen LogP contribution < -0.4 is 15.2 Å². The highest BCUT2D eigenvalue weighted by atomic mass is 32.2. The van der Waals surface area contributed by atoms with Gasteiger partial charge in [-0.1, -0.05) is 0 Å². The van der Waals surface area contributed by atoms with E-state index in [2.05, 4.69) is 24.8 Å². The second-order valence-electron chi connectivity index (χ2n) is 8.24. The summed E-state index contributed by atoms with van der Waals surface area (Å²) in [6.45, 7) is 4.68. The van der Waals surface area contributed by atoms with Gasteiger partial charge in [0.15, 0.2) is 0 Å². The molecule has 3 aromatic rings. The van der Waals surface area contributed by atoms with E-state index < -0.39 is 10.0 Å². The minimum Gasteiger partial charge on any atom is -0.480 e. The van der Waals surface area contributed by atoms with E-state index in [1.807, 2.05) is 6.92 Å². The van der Waals surface area contributed by atoms with Crippen LogP contribution in [0.15, 0.2) is 28.8 Å². The van der Waals surface area contributed by atoms with Crippen LogP contribution in [-0.2, 0) is 21.3 Å². The van der Waals surface area contributed by atoms with E-state index in [-0.39, 0.29) is 23.6 Å². The zero-order valence-corrected chi connectivity index (χ0v) is 20.4. The summed E-state index contributed by atoms with van der Waals surface area (Å²) < 4.78 is 42.6. The molecule has 1 fully saturated rings. The zero-order chi connectivity index (χ0) is 25.2. The third kappa shape index (κ3) is 5.75. The summed E-state index contributed by atoms with van der Waals surface area (Å²) in [5, 5.41) is 16.2. The van der Waals surface area contributed by atoms with Crippen molar-refractivity contribution in [3.8, 4) is 28.5 Å². The van der Waals surface area contributed by atoms with E-state index in [1.165, 1.54) is 13.3 Å². The largest absolute Gasteiger partial charge is 0.480 e. The first-order chi connectivity index (χ1) is 16.7. The molecule has 0 saturated carbocycles. The summed E-state index contributed by atoms with van der Waals surface area (Å²) in [5.41, 5.74) is 8.87. The molecule has 0 aliphatic carbocycles. The lowest BCUT2D eigenvalue weighted by Crippen LogP contribution is -2.40. The molecule has 3 heterocycles. The lowest BCUT2D eigenvalue weighted by molar-refractivity contribution is -0.0235. The number of methoxy groups -OCH3 is 1. The van der Waals surface area contributed by atoms with Gasteiger partial charge in [0.05, 0.1) is 38.2 Å². The summed E-state index contributed by atoms with van der Waals surface area (Å²) >= 11 is 0. The van der Waals surface area contributed by atoms with Crippen molar-refractivity contribution in [2.75, 3.05) is 43.5 Å². The van der Waals surface area contributed by atoms with Gasteiger partial charge in [-0.2, -0.15) is 0 Å². The molecule has 0 amide bonds. The van der Waals surface area contributed by atoms with Gasteiger partial charge in [-0.25, -0.2) is 13.4 Å². The summed E-state index contributed by atoms with van der Waals surface area (Å²) in [6, 6.07) is 5.01. The van der Waals surface area contributed by atoms with Gasteiger partial charge in [0.25, 0.3) is 0 Å². The van der Waals surface area contributed by atoms with Crippen LogP contribution in [0, 0.1) is 5.41 Å². The number of sulfonamides is 1. The van der Waals surface area contributed by atoms with Gasteiger partial charge >= 0.3 is 0 Å². The monoisotopic (exact) mass is 501 g/mol. The van der Waals surface area contributed by atoms with Crippen molar-refractivity contribution in [2.45, 2.75) is 19.6 Å². The summed E-state index contributed by atoms with van der Waals surface area (Å²) in [7, 11) is -2.16. The fourth-order valence-corrected chi connectivity index (χ4v) is 4.42. The lowest BCUT2D eigenvalue weighted by Gasteiger charge is -2.29. The highest BCUT2D eigenvalue weighted by Gasteiger charge is 2.21. The Hall–Kier alpha value is -3.55. The molecule has 1 aromatic carbocycles. The van der Waals surface area contributed by atoms with Crippen molar-refractivity contribution in [1.82, 2.24) is 20.1 Å². The molecule has 1 aliphatic heterocycles. The molecule has 0 spiro atoms. The predicted molar refractivity (Wildman–Crippen MR) is 131 cm³/mol. The van der Waals surface area contributed by atoms with E-state index in [0.717, 1.165) is 25.6 Å². The average molecular weight is 502 g/mol. The normalized spacial score (nSPS) is 16.7. The minimum atomic E-state index is -3.56. The second-order valence-corrected chi connectivity index (χ2v) is 9.99. The van der Waals surface area contributed by atoms with Gasteiger partial charge in [-0.3, -0.25) is 9.62 Å². The molecular formula is C22H27N7O5S. The summed E-state index contributed by atoms with van der Waals surface area (Å²) in [4.78, 5) is 6.38. The molecule has 1 aliphatic rings. The first kappa shape index (κ1) is 24.6. The van der Waals surface area contributed by atoms with Crippen LogP contribution in [-0.4, -0.2) is 73.9 Å². The molecular weight excluding hydrogens is 474 g/mol. The van der Waals surface area contributed by atoms with E-state index in [1.54, 1.807) is 18.2 Å². The number of aromatic nitrogens is 3. The Morgan fingerprint density at radius 3 is 2.80 bits per heavy atom. The van der Waals surface area contributed by atoms with Gasteiger partial charge in [0, 0.05) is 42.3 Å².